The minimum atomic E-state index is -0.442. The smallest absolute Gasteiger partial charge is 0.407 e. The molecule has 3 rings (SSSR count). The van der Waals surface area contributed by atoms with Gasteiger partial charge in [0.05, 0.1) is 20.3 Å². The van der Waals surface area contributed by atoms with Crippen molar-refractivity contribution in [2.75, 3.05) is 20.8 Å². The summed E-state index contributed by atoms with van der Waals surface area (Å²) in [6.07, 6.45) is -0.442. The highest BCUT2D eigenvalue weighted by atomic mass is 35.5. The van der Waals surface area contributed by atoms with Crippen LogP contribution in [0.3, 0.4) is 0 Å². The number of rotatable bonds is 6. The van der Waals surface area contributed by atoms with Crippen molar-refractivity contribution in [2.45, 2.75) is 26.5 Å². The Kier molecular flexibility index (Phi) is 7.02. The van der Waals surface area contributed by atoms with Crippen LogP contribution in [-0.2, 0) is 11.3 Å². The summed E-state index contributed by atoms with van der Waals surface area (Å²) in [6.45, 7) is 4.79. The summed E-state index contributed by atoms with van der Waals surface area (Å²) in [5.74, 6) is 1.79. The van der Waals surface area contributed by atoms with Crippen LogP contribution < -0.4 is 19.5 Å². The van der Waals surface area contributed by atoms with E-state index in [1.54, 1.807) is 20.3 Å². The number of nitrogens with one attached hydrogen (secondary N) is 1. The third kappa shape index (κ3) is 4.62. The molecule has 0 saturated carbocycles. The highest BCUT2D eigenvalue weighted by Crippen LogP contribution is 2.44. The monoisotopic (exact) mass is 407 g/mol. The summed E-state index contributed by atoms with van der Waals surface area (Å²) < 4.78 is 22.2. The molecule has 2 aromatic rings. The first-order valence-corrected chi connectivity index (χ1v) is 8.80. The molecular weight excluding hydrogens is 382 g/mol. The van der Waals surface area contributed by atoms with Gasteiger partial charge in [-0.1, -0.05) is 44.2 Å². The third-order valence-corrected chi connectivity index (χ3v) is 4.68. The van der Waals surface area contributed by atoms with Crippen molar-refractivity contribution in [3.05, 3.63) is 53.6 Å². The average molecular weight is 408 g/mol. The van der Waals surface area contributed by atoms with Gasteiger partial charge in [-0.3, -0.25) is 0 Å². The van der Waals surface area contributed by atoms with E-state index in [1.165, 1.54) is 0 Å². The number of hydrogen-bond acceptors (Lipinski definition) is 5. The molecule has 0 radical (unpaired) electrons. The fraction of sp³-hybridized carbons (Fsp3) is 0.381. The number of hydrogen-bond donors (Lipinski definition) is 1. The molecule has 1 heterocycles. The van der Waals surface area contributed by atoms with E-state index in [1.807, 2.05) is 50.2 Å². The Morgan fingerprint density at radius 1 is 1.07 bits per heavy atom. The van der Waals surface area contributed by atoms with Gasteiger partial charge >= 0.3 is 6.09 Å². The molecule has 0 spiro atoms. The second-order valence-electron chi connectivity index (χ2n) is 7.16. The molecule has 1 fully saturated rings. The molecule has 0 aliphatic carbocycles. The molecule has 2 aromatic carbocycles. The van der Waals surface area contributed by atoms with Gasteiger partial charge in [0.1, 0.15) is 19.0 Å². The van der Waals surface area contributed by atoms with E-state index >= 15 is 0 Å². The second kappa shape index (κ2) is 9.06. The predicted octanol–water partition coefficient (Wildman–Crippen LogP) is 4.51. The lowest BCUT2D eigenvalue weighted by atomic mass is 9.80. The van der Waals surface area contributed by atoms with Crippen LogP contribution in [0.2, 0.25) is 0 Å². The molecule has 0 bridgehead atoms. The minimum Gasteiger partial charge on any atom is -0.493 e. The summed E-state index contributed by atoms with van der Waals surface area (Å²) in [4.78, 5) is 11.9. The standard InChI is InChI=1S/C21H25NO5.ClH/c1-21(2)13-27-20(23)22-19(21)15-10-17(24-3)18(25-4)11-16(15)26-12-14-8-6-5-7-9-14;/h5-11,19H,12-13H2,1-4H3,(H,22,23);1H/t19-;/m1./s1. The maximum Gasteiger partial charge on any atom is 0.407 e. The van der Waals surface area contributed by atoms with Crippen LogP contribution in [0.4, 0.5) is 4.79 Å². The molecule has 6 nitrogen and oxygen atoms in total. The van der Waals surface area contributed by atoms with E-state index in [4.69, 9.17) is 18.9 Å². The van der Waals surface area contributed by atoms with Crippen LogP contribution in [0.15, 0.2) is 42.5 Å². The molecule has 1 amide bonds. The Morgan fingerprint density at radius 3 is 2.36 bits per heavy atom. The first-order chi connectivity index (χ1) is 12.9. The van der Waals surface area contributed by atoms with Gasteiger partial charge in [0.15, 0.2) is 11.5 Å². The summed E-state index contributed by atoms with van der Waals surface area (Å²) in [6, 6.07) is 13.3. The fourth-order valence-electron chi connectivity index (χ4n) is 3.15. The number of amides is 1. The molecule has 1 aliphatic rings. The van der Waals surface area contributed by atoms with Gasteiger partial charge in [-0.2, -0.15) is 0 Å². The molecule has 28 heavy (non-hydrogen) atoms. The molecule has 152 valence electrons. The van der Waals surface area contributed by atoms with Crippen molar-refractivity contribution >= 4 is 18.5 Å². The van der Waals surface area contributed by atoms with Crippen molar-refractivity contribution in [2.24, 2.45) is 5.41 Å². The van der Waals surface area contributed by atoms with Crippen molar-refractivity contribution in [1.29, 1.82) is 0 Å². The van der Waals surface area contributed by atoms with Crippen LogP contribution in [0.1, 0.15) is 31.0 Å². The number of methoxy groups -OCH3 is 2. The molecule has 1 saturated heterocycles. The minimum absolute atomic E-state index is 0. The van der Waals surface area contributed by atoms with Crippen LogP contribution >= 0.6 is 12.4 Å². The highest BCUT2D eigenvalue weighted by Gasteiger charge is 2.40. The van der Waals surface area contributed by atoms with Gasteiger partial charge in [-0.05, 0) is 11.6 Å². The van der Waals surface area contributed by atoms with Crippen molar-refractivity contribution in [3.8, 4) is 17.2 Å². The van der Waals surface area contributed by atoms with Gasteiger partial charge in [-0.25, -0.2) is 4.79 Å². The summed E-state index contributed by atoms with van der Waals surface area (Å²) in [5.41, 5.74) is 1.55. The third-order valence-electron chi connectivity index (χ3n) is 4.68. The van der Waals surface area contributed by atoms with Gasteiger partial charge in [0.2, 0.25) is 0 Å². The zero-order valence-corrected chi connectivity index (χ0v) is 17.3. The summed E-state index contributed by atoms with van der Waals surface area (Å²) >= 11 is 0. The molecule has 0 aromatic heterocycles. The number of carbonyl (C=O) groups is 1. The fourth-order valence-corrected chi connectivity index (χ4v) is 3.15. The lowest BCUT2D eigenvalue weighted by molar-refractivity contribution is 0.0377. The average Bonchev–Trinajstić information content (AvgIpc) is 2.68. The van der Waals surface area contributed by atoms with Crippen molar-refractivity contribution < 1.29 is 23.7 Å². The van der Waals surface area contributed by atoms with Crippen LogP contribution in [0.5, 0.6) is 17.2 Å². The van der Waals surface area contributed by atoms with Crippen molar-refractivity contribution in [1.82, 2.24) is 5.32 Å². The molecule has 1 atom stereocenters. The normalized spacial score (nSPS) is 17.6. The molecule has 0 unspecified atom stereocenters. The molecule has 1 N–H and O–H groups in total. The van der Waals surface area contributed by atoms with Crippen LogP contribution in [-0.4, -0.2) is 26.9 Å². The number of halogens is 1. The Morgan fingerprint density at radius 2 is 1.71 bits per heavy atom. The Bertz CT molecular complexity index is 810. The van der Waals surface area contributed by atoms with Gasteiger partial charge in [-0.15, -0.1) is 12.4 Å². The summed E-state index contributed by atoms with van der Waals surface area (Å²) in [5, 5.41) is 2.91. The first-order valence-electron chi connectivity index (χ1n) is 8.80. The Hall–Kier alpha value is -2.60. The Labute approximate surface area is 171 Å². The van der Waals surface area contributed by atoms with E-state index in [0.717, 1.165) is 11.1 Å². The van der Waals surface area contributed by atoms with Crippen LogP contribution in [0.25, 0.3) is 0 Å². The predicted molar refractivity (Wildman–Crippen MR) is 109 cm³/mol. The molecular formula is C21H26ClNO5. The van der Waals surface area contributed by atoms with E-state index in [0.29, 0.717) is 30.5 Å². The number of cyclic esters (lactones) is 1. The Balaban J connectivity index is 0.00000280. The summed E-state index contributed by atoms with van der Waals surface area (Å²) in [7, 11) is 3.17. The SMILES string of the molecule is COc1cc(OCc2ccccc2)c([C@H]2NC(=O)OCC2(C)C)cc1OC.Cl. The second-order valence-corrected chi connectivity index (χ2v) is 7.16. The number of carbonyl (C=O) groups excluding carboxylic acids is 1. The number of alkyl carbamates (subject to hydrolysis) is 1. The van der Waals surface area contributed by atoms with E-state index in [-0.39, 0.29) is 23.9 Å². The van der Waals surface area contributed by atoms with Crippen molar-refractivity contribution in [3.63, 3.8) is 0 Å². The first kappa shape index (κ1) is 21.7. The maximum absolute atomic E-state index is 11.9. The topological polar surface area (TPSA) is 66.0 Å². The van der Waals surface area contributed by atoms with E-state index < -0.39 is 6.09 Å². The number of ether oxygens (including phenoxy) is 4. The van der Waals surface area contributed by atoms with E-state index in [9.17, 15) is 4.79 Å². The molecule has 1 aliphatic heterocycles. The van der Waals surface area contributed by atoms with Gasteiger partial charge < -0.3 is 24.3 Å². The maximum atomic E-state index is 11.9. The zero-order valence-electron chi connectivity index (χ0n) is 16.5. The quantitative estimate of drug-likeness (QED) is 0.763. The lowest BCUT2D eigenvalue weighted by Crippen LogP contribution is -2.47. The number of benzene rings is 2. The lowest BCUT2D eigenvalue weighted by Gasteiger charge is -2.39. The highest BCUT2D eigenvalue weighted by molar-refractivity contribution is 5.85. The molecule has 7 heteroatoms. The van der Waals surface area contributed by atoms with E-state index in [2.05, 4.69) is 5.32 Å². The van der Waals surface area contributed by atoms with Gasteiger partial charge in [0, 0.05) is 17.0 Å². The zero-order chi connectivity index (χ0) is 19.4. The largest absolute Gasteiger partial charge is 0.493 e. The van der Waals surface area contributed by atoms with Gasteiger partial charge in [0.25, 0.3) is 0 Å². The van der Waals surface area contributed by atoms with Crippen LogP contribution in [0, 0.1) is 5.41 Å².